The molecule has 2 aromatic rings. The van der Waals surface area contributed by atoms with Gasteiger partial charge in [0.2, 0.25) is 0 Å². The number of aliphatic hydroxyl groups is 1. The number of para-hydroxylation sites is 1. The van der Waals surface area contributed by atoms with E-state index < -0.39 is 6.10 Å². The summed E-state index contributed by atoms with van der Waals surface area (Å²) in [5.41, 5.74) is 1.95. The van der Waals surface area contributed by atoms with Gasteiger partial charge in [-0.15, -0.1) is 0 Å². The summed E-state index contributed by atoms with van der Waals surface area (Å²) in [5.74, 6) is 0.327. The second-order valence-electron chi connectivity index (χ2n) is 4.66. The van der Waals surface area contributed by atoms with E-state index in [0.29, 0.717) is 16.9 Å². The van der Waals surface area contributed by atoms with Crippen LogP contribution in [0.1, 0.15) is 27.7 Å². The molecular weight excluding hydrogens is 268 g/mol. The van der Waals surface area contributed by atoms with Crippen LogP contribution in [-0.4, -0.2) is 29.7 Å². The van der Waals surface area contributed by atoms with E-state index in [1.165, 1.54) is 6.20 Å². The number of methoxy groups -OCH3 is 1. The summed E-state index contributed by atoms with van der Waals surface area (Å²) in [6.45, 7) is 1.96. The number of amides is 1. The number of aromatic nitrogens is 1. The second kappa shape index (κ2) is 6.85. The molecule has 110 valence electrons. The fraction of sp³-hybridized carbons (Fsp3) is 0.250. The quantitative estimate of drug-likeness (QED) is 0.880. The van der Waals surface area contributed by atoms with Gasteiger partial charge >= 0.3 is 0 Å². The summed E-state index contributed by atoms with van der Waals surface area (Å²) in [5, 5.41) is 12.8. The maximum Gasteiger partial charge on any atom is 0.252 e. The van der Waals surface area contributed by atoms with Gasteiger partial charge < -0.3 is 15.2 Å². The molecule has 0 aliphatic carbocycles. The lowest BCUT2D eigenvalue weighted by Crippen LogP contribution is -2.28. The highest BCUT2D eigenvalue weighted by Crippen LogP contribution is 2.24. The molecule has 0 aliphatic heterocycles. The van der Waals surface area contributed by atoms with Crippen LogP contribution in [0.5, 0.6) is 5.75 Å². The minimum Gasteiger partial charge on any atom is -0.496 e. The molecule has 1 heterocycles. The molecule has 1 aromatic carbocycles. The highest BCUT2D eigenvalue weighted by molar-refractivity contribution is 5.93. The smallest absolute Gasteiger partial charge is 0.252 e. The Labute approximate surface area is 123 Å². The first-order valence-electron chi connectivity index (χ1n) is 6.63. The summed E-state index contributed by atoms with van der Waals surface area (Å²) >= 11 is 0. The SMILES string of the molecule is COc1ccccc1[C@H](O)CNC(=O)c1ccc(C)nc1. The molecule has 0 fully saturated rings. The molecule has 21 heavy (non-hydrogen) atoms. The van der Waals surface area contributed by atoms with Crippen LogP contribution in [0.15, 0.2) is 42.6 Å². The zero-order valence-electron chi connectivity index (χ0n) is 12.0. The van der Waals surface area contributed by atoms with Crippen molar-refractivity contribution in [3.05, 3.63) is 59.4 Å². The Bertz CT molecular complexity index is 611. The average Bonchev–Trinajstić information content (AvgIpc) is 2.52. The maximum absolute atomic E-state index is 12.0. The van der Waals surface area contributed by atoms with Crippen molar-refractivity contribution in [2.75, 3.05) is 13.7 Å². The summed E-state index contributed by atoms with van der Waals surface area (Å²) in [7, 11) is 1.54. The third-order valence-corrected chi connectivity index (χ3v) is 3.13. The molecule has 1 atom stereocenters. The van der Waals surface area contributed by atoms with Gasteiger partial charge in [0.1, 0.15) is 5.75 Å². The topological polar surface area (TPSA) is 71.5 Å². The Morgan fingerprint density at radius 1 is 1.33 bits per heavy atom. The van der Waals surface area contributed by atoms with Crippen LogP contribution in [0.25, 0.3) is 0 Å². The lowest BCUT2D eigenvalue weighted by Gasteiger charge is -2.15. The zero-order valence-corrected chi connectivity index (χ0v) is 12.0. The maximum atomic E-state index is 12.0. The van der Waals surface area contributed by atoms with Gasteiger partial charge in [0, 0.05) is 24.0 Å². The van der Waals surface area contributed by atoms with E-state index >= 15 is 0 Å². The van der Waals surface area contributed by atoms with Crippen molar-refractivity contribution in [2.45, 2.75) is 13.0 Å². The number of aryl methyl sites for hydroxylation is 1. The Morgan fingerprint density at radius 2 is 2.10 bits per heavy atom. The summed E-state index contributed by atoms with van der Waals surface area (Å²) < 4.78 is 5.19. The van der Waals surface area contributed by atoms with Crippen molar-refractivity contribution in [3.63, 3.8) is 0 Å². The molecule has 5 heteroatoms. The molecular formula is C16H18N2O3. The number of benzene rings is 1. The first-order chi connectivity index (χ1) is 10.1. The number of hydrogen-bond donors (Lipinski definition) is 2. The van der Waals surface area contributed by atoms with E-state index in [4.69, 9.17) is 4.74 Å². The number of ether oxygens (including phenoxy) is 1. The minimum atomic E-state index is -0.830. The molecule has 1 aromatic heterocycles. The van der Waals surface area contributed by atoms with E-state index in [0.717, 1.165) is 5.69 Å². The first-order valence-corrected chi connectivity index (χ1v) is 6.63. The normalized spacial score (nSPS) is 11.8. The number of carbonyl (C=O) groups excluding carboxylic acids is 1. The Balaban J connectivity index is 1.99. The van der Waals surface area contributed by atoms with Crippen LogP contribution in [0.4, 0.5) is 0 Å². The molecule has 5 nitrogen and oxygen atoms in total. The highest BCUT2D eigenvalue weighted by atomic mass is 16.5. The van der Waals surface area contributed by atoms with Crippen LogP contribution < -0.4 is 10.1 Å². The van der Waals surface area contributed by atoms with Crippen molar-refractivity contribution in [1.82, 2.24) is 10.3 Å². The number of nitrogens with zero attached hydrogens (tertiary/aromatic N) is 1. The van der Waals surface area contributed by atoms with E-state index in [1.54, 1.807) is 31.4 Å². The molecule has 0 unspecified atom stereocenters. The van der Waals surface area contributed by atoms with Gasteiger partial charge in [-0.3, -0.25) is 9.78 Å². The highest BCUT2D eigenvalue weighted by Gasteiger charge is 2.14. The van der Waals surface area contributed by atoms with Crippen molar-refractivity contribution < 1.29 is 14.6 Å². The van der Waals surface area contributed by atoms with Crippen molar-refractivity contribution in [2.24, 2.45) is 0 Å². The number of rotatable bonds is 5. The molecule has 2 rings (SSSR count). The molecule has 0 saturated carbocycles. The number of carbonyl (C=O) groups is 1. The molecule has 0 bridgehead atoms. The molecule has 0 radical (unpaired) electrons. The van der Waals surface area contributed by atoms with Gasteiger partial charge in [0.15, 0.2) is 0 Å². The molecule has 2 N–H and O–H groups in total. The molecule has 1 amide bonds. The third-order valence-electron chi connectivity index (χ3n) is 3.13. The number of aliphatic hydroxyl groups excluding tert-OH is 1. The van der Waals surface area contributed by atoms with Crippen LogP contribution in [0.3, 0.4) is 0 Å². The summed E-state index contributed by atoms with van der Waals surface area (Å²) in [4.78, 5) is 16.0. The Hall–Kier alpha value is -2.40. The van der Waals surface area contributed by atoms with Gasteiger partial charge in [0.05, 0.1) is 18.8 Å². The van der Waals surface area contributed by atoms with Crippen molar-refractivity contribution in [3.8, 4) is 5.75 Å². The van der Waals surface area contributed by atoms with Gasteiger partial charge in [-0.1, -0.05) is 18.2 Å². The van der Waals surface area contributed by atoms with E-state index in [9.17, 15) is 9.90 Å². The van der Waals surface area contributed by atoms with E-state index in [1.807, 2.05) is 19.1 Å². The van der Waals surface area contributed by atoms with E-state index in [2.05, 4.69) is 10.3 Å². The molecule has 0 saturated heterocycles. The predicted octanol–water partition coefficient (Wildman–Crippen LogP) is 1.86. The fourth-order valence-corrected chi connectivity index (χ4v) is 1.95. The Kier molecular flexibility index (Phi) is 4.90. The molecule has 0 spiro atoms. The third kappa shape index (κ3) is 3.79. The lowest BCUT2D eigenvalue weighted by atomic mass is 10.1. The monoisotopic (exact) mass is 286 g/mol. The summed E-state index contributed by atoms with van der Waals surface area (Å²) in [6, 6.07) is 10.6. The standard InChI is InChI=1S/C16H18N2O3/c1-11-7-8-12(9-17-11)16(20)18-10-14(19)13-5-3-4-6-15(13)21-2/h3-9,14,19H,10H2,1-2H3,(H,18,20)/t14-/m1/s1. The number of pyridine rings is 1. The number of nitrogens with one attached hydrogen (secondary N) is 1. The fourth-order valence-electron chi connectivity index (χ4n) is 1.95. The van der Waals surface area contributed by atoms with Crippen LogP contribution in [-0.2, 0) is 0 Å². The zero-order chi connectivity index (χ0) is 15.2. The van der Waals surface area contributed by atoms with Gasteiger partial charge in [-0.25, -0.2) is 0 Å². The summed E-state index contributed by atoms with van der Waals surface area (Å²) in [6.07, 6.45) is 0.684. The van der Waals surface area contributed by atoms with Gasteiger partial charge in [0.25, 0.3) is 5.91 Å². The number of hydrogen-bond acceptors (Lipinski definition) is 4. The predicted molar refractivity (Wildman–Crippen MR) is 79.3 cm³/mol. The minimum absolute atomic E-state index is 0.104. The Morgan fingerprint density at radius 3 is 2.76 bits per heavy atom. The van der Waals surface area contributed by atoms with Crippen molar-refractivity contribution in [1.29, 1.82) is 0 Å². The lowest BCUT2D eigenvalue weighted by molar-refractivity contribution is 0.0914. The van der Waals surface area contributed by atoms with E-state index in [-0.39, 0.29) is 12.5 Å². The first kappa shape index (κ1) is 15.0. The van der Waals surface area contributed by atoms with Gasteiger partial charge in [-0.2, -0.15) is 0 Å². The van der Waals surface area contributed by atoms with Gasteiger partial charge in [-0.05, 0) is 25.1 Å². The van der Waals surface area contributed by atoms with Crippen LogP contribution in [0.2, 0.25) is 0 Å². The molecule has 0 aliphatic rings. The van der Waals surface area contributed by atoms with Crippen LogP contribution in [0, 0.1) is 6.92 Å². The van der Waals surface area contributed by atoms with Crippen LogP contribution >= 0.6 is 0 Å². The van der Waals surface area contributed by atoms with Crippen molar-refractivity contribution >= 4 is 5.91 Å². The average molecular weight is 286 g/mol. The second-order valence-corrected chi connectivity index (χ2v) is 4.66. The largest absolute Gasteiger partial charge is 0.496 e.